The lowest BCUT2D eigenvalue weighted by molar-refractivity contribution is -0.136. The van der Waals surface area contributed by atoms with Crippen molar-refractivity contribution in [1.29, 1.82) is 0 Å². The highest BCUT2D eigenvalue weighted by Crippen LogP contribution is 2.40. The molecule has 0 atom stereocenters. The molecular formula is C21H29N3O2. The van der Waals surface area contributed by atoms with E-state index in [1.807, 2.05) is 17.0 Å². The van der Waals surface area contributed by atoms with Crippen LogP contribution in [0.25, 0.3) is 0 Å². The Labute approximate surface area is 155 Å². The fourth-order valence-corrected chi connectivity index (χ4v) is 4.87. The summed E-state index contributed by atoms with van der Waals surface area (Å²) in [4.78, 5) is 32.7. The molecule has 0 unspecified atom stereocenters. The summed E-state index contributed by atoms with van der Waals surface area (Å²) in [5.41, 5.74) is 1.93. The second-order valence-corrected chi connectivity index (χ2v) is 8.63. The van der Waals surface area contributed by atoms with E-state index in [0.717, 1.165) is 38.8 Å². The van der Waals surface area contributed by atoms with Gasteiger partial charge < -0.3 is 9.80 Å². The summed E-state index contributed by atoms with van der Waals surface area (Å²) in [7, 11) is 2.09. The maximum Gasteiger partial charge on any atom is 0.327 e. The van der Waals surface area contributed by atoms with Crippen molar-refractivity contribution >= 4 is 11.9 Å². The topological polar surface area (TPSA) is 43.9 Å². The summed E-state index contributed by atoms with van der Waals surface area (Å²) in [6.07, 6.45) is 3.08. The number of carbonyl (C=O) groups is 2. The molecule has 26 heavy (non-hydrogen) atoms. The number of rotatable bonds is 3. The van der Waals surface area contributed by atoms with Gasteiger partial charge in [-0.3, -0.25) is 9.69 Å². The van der Waals surface area contributed by atoms with Crippen LogP contribution in [-0.4, -0.2) is 64.9 Å². The number of benzene rings is 1. The molecule has 2 aliphatic heterocycles. The number of hydrogen-bond acceptors (Lipinski definition) is 3. The number of nitrogens with zero attached hydrogens (tertiary/aromatic N) is 3. The number of amides is 3. The number of hydrogen-bond donors (Lipinski definition) is 0. The van der Waals surface area contributed by atoms with Gasteiger partial charge in [-0.15, -0.1) is 0 Å². The van der Waals surface area contributed by atoms with Crippen LogP contribution in [0.15, 0.2) is 24.3 Å². The second-order valence-electron chi connectivity index (χ2n) is 8.63. The smallest absolute Gasteiger partial charge is 0.309 e. The van der Waals surface area contributed by atoms with Crippen molar-refractivity contribution < 1.29 is 9.59 Å². The minimum atomic E-state index is -0.622. The normalized spacial score (nSPS) is 23.5. The van der Waals surface area contributed by atoms with Gasteiger partial charge in [0.25, 0.3) is 5.91 Å². The average Bonchev–Trinajstić information content (AvgIpc) is 3.10. The zero-order valence-electron chi connectivity index (χ0n) is 16.1. The fourth-order valence-electron chi connectivity index (χ4n) is 4.87. The van der Waals surface area contributed by atoms with Gasteiger partial charge in [-0.2, -0.15) is 0 Å². The number of imide groups is 1. The van der Waals surface area contributed by atoms with Gasteiger partial charge >= 0.3 is 6.03 Å². The van der Waals surface area contributed by atoms with E-state index in [9.17, 15) is 9.59 Å². The lowest BCUT2D eigenvalue weighted by Gasteiger charge is -2.41. The first-order valence-electron chi connectivity index (χ1n) is 9.83. The van der Waals surface area contributed by atoms with Gasteiger partial charge in [0, 0.05) is 25.7 Å². The van der Waals surface area contributed by atoms with Gasteiger partial charge in [0.15, 0.2) is 0 Å². The summed E-state index contributed by atoms with van der Waals surface area (Å²) in [6.45, 7) is 6.63. The first-order valence-corrected chi connectivity index (χ1v) is 9.83. The van der Waals surface area contributed by atoms with Gasteiger partial charge in [-0.25, -0.2) is 4.79 Å². The average molecular weight is 355 g/mol. The van der Waals surface area contributed by atoms with Crippen LogP contribution in [0.3, 0.4) is 0 Å². The molecule has 1 aliphatic carbocycles. The molecule has 2 fully saturated rings. The molecule has 3 amide bonds. The molecule has 0 saturated carbocycles. The Kier molecular flexibility index (Phi) is 4.30. The second kappa shape index (κ2) is 6.38. The third-order valence-corrected chi connectivity index (χ3v) is 6.33. The maximum atomic E-state index is 13.6. The Balaban J connectivity index is 1.65. The van der Waals surface area contributed by atoms with Crippen molar-refractivity contribution in [2.75, 3.05) is 26.7 Å². The third-order valence-electron chi connectivity index (χ3n) is 6.33. The van der Waals surface area contributed by atoms with E-state index in [0.29, 0.717) is 12.5 Å². The Morgan fingerprint density at radius 2 is 1.65 bits per heavy atom. The van der Waals surface area contributed by atoms with Crippen LogP contribution in [0.4, 0.5) is 4.79 Å². The summed E-state index contributed by atoms with van der Waals surface area (Å²) < 4.78 is 0. The SMILES string of the molecule is CC(C)CN1C(=O)N(C2Cc3ccccc3C2)C(=O)C12CCN(C)CC2. The monoisotopic (exact) mass is 355 g/mol. The molecule has 0 aromatic heterocycles. The minimum absolute atomic E-state index is 0.0268. The highest BCUT2D eigenvalue weighted by molar-refractivity contribution is 6.07. The molecule has 5 heteroatoms. The van der Waals surface area contributed by atoms with Crippen molar-refractivity contribution in [2.45, 2.75) is 51.1 Å². The lowest BCUT2D eigenvalue weighted by atomic mass is 9.85. The Morgan fingerprint density at radius 3 is 2.19 bits per heavy atom. The van der Waals surface area contributed by atoms with E-state index in [4.69, 9.17) is 0 Å². The van der Waals surface area contributed by atoms with E-state index in [1.54, 1.807) is 4.90 Å². The van der Waals surface area contributed by atoms with Crippen LogP contribution in [0.5, 0.6) is 0 Å². The molecule has 2 saturated heterocycles. The molecule has 140 valence electrons. The molecule has 1 spiro atoms. The summed E-state index contributed by atoms with van der Waals surface area (Å²) in [5, 5.41) is 0. The van der Waals surface area contributed by atoms with E-state index in [1.165, 1.54) is 11.1 Å². The van der Waals surface area contributed by atoms with Gasteiger partial charge in [0.05, 0.1) is 0 Å². The van der Waals surface area contributed by atoms with Gasteiger partial charge in [0.2, 0.25) is 0 Å². The van der Waals surface area contributed by atoms with E-state index < -0.39 is 5.54 Å². The molecule has 5 nitrogen and oxygen atoms in total. The van der Waals surface area contributed by atoms with Crippen molar-refractivity contribution in [3.05, 3.63) is 35.4 Å². The number of likely N-dealkylation sites (tertiary alicyclic amines) is 1. The lowest BCUT2D eigenvalue weighted by Crippen LogP contribution is -2.56. The molecular weight excluding hydrogens is 326 g/mol. The van der Waals surface area contributed by atoms with E-state index in [2.05, 4.69) is 37.9 Å². The zero-order valence-corrected chi connectivity index (χ0v) is 16.1. The number of piperidine rings is 1. The van der Waals surface area contributed by atoms with Crippen LogP contribution < -0.4 is 0 Å². The number of fused-ring (bicyclic) bond motifs is 1. The van der Waals surface area contributed by atoms with Gasteiger partial charge in [0.1, 0.15) is 5.54 Å². The summed E-state index contributed by atoms with van der Waals surface area (Å²) in [6, 6.07) is 8.23. The Bertz CT molecular complexity index is 697. The standard InChI is InChI=1S/C21H29N3O2/c1-15(2)14-23-20(26)24(18-12-16-6-4-5-7-17(16)13-18)19(25)21(23)8-10-22(3)11-9-21/h4-7,15,18H,8-14H2,1-3H3. The van der Waals surface area contributed by atoms with Crippen LogP contribution in [-0.2, 0) is 17.6 Å². The quantitative estimate of drug-likeness (QED) is 0.783. The molecule has 0 bridgehead atoms. The zero-order chi connectivity index (χ0) is 18.5. The van der Waals surface area contributed by atoms with Crippen LogP contribution in [0.1, 0.15) is 37.8 Å². The molecule has 2 heterocycles. The fraction of sp³-hybridized carbons (Fsp3) is 0.619. The predicted molar refractivity (Wildman–Crippen MR) is 101 cm³/mol. The molecule has 0 radical (unpaired) electrons. The van der Waals surface area contributed by atoms with Crippen molar-refractivity contribution in [3.63, 3.8) is 0 Å². The first-order chi connectivity index (χ1) is 12.4. The van der Waals surface area contributed by atoms with E-state index >= 15 is 0 Å². The Hall–Kier alpha value is -1.88. The van der Waals surface area contributed by atoms with Gasteiger partial charge in [-0.05, 0) is 49.8 Å². The van der Waals surface area contributed by atoms with Gasteiger partial charge in [-0.1, -0.05) is 38.1 Å². The molecule has 0 N–H and O–H groups in total. The highest BCUT2D eigenvalue weighted by atomic mass is 16.2. The molecule has 1 aromatic rings. The van der Waals surface area contributed by atoms with Crippen molar-refractivity contribution in [1.82, 2.24) is 14.7 Å². The maximum absolute atomic E-state index is 13.6. The molecule has 1 aromatic carbocycles. The predicted octanol–water partition coefficient (Wildman–Crippen LogP) is 2.54. The number of urea groups is 1. The Morgan fingerprint density at radius 1 is 1.08 bits per heavy atom. The van der Waals surface area contributed by atoms with Crippen molar-refractivity contribution in [3.8, 4) is 0 Å². The van der Waals surface area contributed by atoms with Crippen molar-refractivity contribution in [2.24, 2.45) is 5.92 Å². The van der Waals surface area contributed by atoms with Crippen LogP contribution in [0.2, 0.25) is 0 Å². The minimum Gasteiger partial charge on any atom is -0.309 e. The summed E-state index contributed by atoms with van der Waals surface area (Å²) >= 11 is 0. The summed E-state index contributed by atoms with van der Waals surface area (Å²) in [5.74, 6) is 0.401. The largest absolute Gasteiger partial charge is 0.327 e. The van der Waals surface area contributed by atoms with Crippen LogP contribution in [0, 0.1) is 5.92 Å². The van der Waals surface area contributed by atoms with E-state index in [-0.39, 0.29) is 18.0 Å². The third kappa shape index (κ3) is 2.64. The highest BCUT2D eigenvalue weighted by Gasteiger charge is 2.59. The molecule has 4 rings (SSSR count). The molecule has 3 aliphatic rings. The van der Waals surface area contributed by atoms with Crippen LogP contribution >= 0.6 is 0 Å². The first kappa shape index (κ1) is 17.5. The number of carbonyl (C=O) groups excluding carboxylic acids is 2.